The molecule has 0 spiro atoms. The summed E-state index contributed by atoms with van der Waals surface area (Å²) in [5.74, 6) is -0.879. The fourth-order valence-corrected chi connectivity index (χ4v) is 3.77. The van der Waals surface area contributed by atoms with Crippen molar-refractivity contribution in [3.8, 4) is 5.75 Å². The average molecular weight is 425 g/mol. The van der Waals surface area contributed by atoms with E-state index in [1.165, 1.54) is 11.0 Å². The van der Waals surface area contributed by atoms with Gasteiger partial charge in [0.1, 0.15) is 5.75 Å². The summed E-state index contributed by atoms with van der Waals surface area (Å²) >= 11 is 0. The van der Waals surface area contributed by atoms with Crippen molar-refractivity contribution < 1.29 is 19.4 Å². The van der Waals surface area contributed by atoms with E-state index in [0.29, 0.717) is 18.0 Å². The van der Waals surface area contributed by atoms with Crippen LogP contribution in [0.4, 0.5) is 5.69 Å². The third-order valence-electron chi connectivity index (χ3n) is 5.24. The number of ketones is 1. The standard InChI is InChI=1S/C27H23NO4/c1-2-32-22-16-14-21(15-17-22)28-25(20-11-7-4-8-12-20)24(26(30)27(28)31)23(29)18-13-19-9-5-3-6-10-19/h3-18,25,30H,2H2,1H3/b18-13+/t25-/m1/s1. The number of nitrogens with zero attached hydrogens (tertiary/aromatic N) is 1. The maximum Gasteiger partial charge on any atom is 0.294 e. The maximum atomic E-state index is 13.2. The van der Waals surface area contributed by atoms with Crippen LogP contribution in [0.1, 0.15) is 24.1 Å². The molecule has 1 heterocycles. The van der Waals surface area contributed by atoms with Crippen molar-refractivity contribution in [1.82, 2.24) is 0 Å². The summed E-state index contributed by atoms with van der Waals surface area (Å²) in [6.45, 7) is 2.43. The van der Waals surface area contributed by atoms with Gasteiger partial charge in [0.15, 0.2) is 11.5 Å². The van der Waals surface area contributed by atoms with Crippen LogP contribution in [-0.4, -0.2) is 23.4 Å². The summed E-state index contributed by atoms with van der Waals surface area (Å²) in [5, 5.41) is 10.7. The van der Waals surface area contributed by atoms with Gasteiger partial charge in [-0.3, -0.25) is 14.5 Å². The quantitative estimate of drug-likeness (QED) is 0.524. The van der Waals surface area contributed by atoms with Gasteiger partial charge < -0.3 is 9.84 Å². The van der Waals surface area contributed by atoms with Gasteiger partial charge in [0.25, 0.3) is 5.91 Å². The Morgan fingerprint density at radius 3 is 2.22 bits per heavy atom. The zero-order valence-corrected chi connectivity index (χ0v) is 17.6. The first-order valence-corrected chi connectivity index (χ1v) is 10.4. The number of ether oxygens (including phenoxy) is 1. The van der Waals surface area contributed by atoms with Crippen molar-refractivity contribution in [3.63, 3.8) is 0 Å². The second-order valence-electron chi connectivity index (χ2n) is 7.29. The number of hydrogen-bond donors (Lipinski definition) is 1. The molecule has 0 aliphatic carbocycles. The van der Waals surface area contributed by atoms with Gasteiger partial charge in [-0.25, -0.2) is 0 Å². The topological polar surface area (TPSA) is 66.8 Å². The van der Waals surface area contributed by atoms with Gasteiger partial charge >= 0.3 is 0 Å². The molecule has 1 aliphatic heterocycles. The van der Waals surface area contributed by atoms with E-state index in [-0.39, 0.29) is 5.57 Å². The van der Waals surface area contributed by atoms with Crippen molar-refractivity contribution in [3.05, 3.63) is 113 Å². The molecule has 3 aromatic carbocycles. The fourth-order valence-electron chi connectivity index (χ4n) is 3.77. The van der Waals surface area contributed by atoms with Crippen LogP contribution in [0.3, 0.4) is 0 Å². The Labute approximate surface area is 186 Å². The minimum absolute atomic E-state index is 0.0577. The van der Waals surface area contributed by atoms with Crippen LogP contribution in [0.2, 0.25) is 0 Å². The van der Waals surface area contributed by atoms with E-state index in [2.05, 4.69) is 0 Å². The van der Waals surface area contributed by atoms with Crippen LogP contribution in [0, 0.1) is 0 Å². The van der Waals surface area contributed by atoms with Crippen LogP contribution < -0.4 is 9.64 Å². The van der Waals surface area contributed by atoms with E-state index in [0.717, 1.165) is 11.1 Å². The van der Waals surface area contributed by atoms with E-state index in [9.17, 15) is 14.7 Å². The highest BCUT2D eigenvalue weighted by Gasteiger charge is 2.43. The maximum absolute atomic E-state index is 13.2. The lowest BCUT2D eigenvalue weighted by Crippen LogP contribution is -2.30. The first-order chi connectivity index (χ1) is 15.6. The number of carbonyl (C=O) groups is 2. The van der Waals surface area contributed by atoms with Gasteiger partial charge in [-0.1, -0.05) is 66.7 Å². The van der Waals surface area contributed by atoms with E-state index in [4.69, 9.17) is 4.74 Å². The monoisotopic (exact) mass is 425 g/mol. The molecule has 1 N–H and O–H groups in total. The summed E-state index contributed by atoms with van der Waals surface area (Å²) in [4.78, 5) is 27.7. The van der Waals surface area contributed by atoms with Gasteiger partial charge in [-0.05, 0) is 48.4 Å². The molecule has 3 aromatic rings. The molecular formula is C27H23NO4. The predicted octanol–water partition coefficient (Wildman–Crippen LogP) is 5.27. The van der Waals surface area contributed by atoms with Crippen LogP contribution in [0.25, 0.3) is 6.08 Å². The molecule has 0 saturated carbocycles. The number of benzene rings is 3. The van der Waals surface area contributed by atoms with E-state index < -0.39 is 23.5 Å². The molecule has 0 aromatic heterocycles. The Hall–Kier alpha value is -4.12. The molecule has 4 rings (SSSR count). The van der Waals surface area contributed by atoms with Crippen molar-refractivity contribution in [2.75, 3.05) is 11.5 Å². The van der Waals surface area contributed by atoms with Crippen molar-refractivity contribution >= 4 is 23.5 Å². The molecule has 1 atom stereocenters. The number of aliphatic hydroxyl groups excluding tert-OH is 1. The lowest BCUT2D eigenvalue weighted by Gasteiger charge is -2.26. The molecule has 0 unspecified atom stereocenters. The molecule has 0 bridgehead atoms. The second kappa shape index (κ2) is 9.35. The molecule has 5 nitrogen and oxygen atoms in total. The summed E-state index contributed by atoms with van der Waals surface area (Å²) < 4.78 is 5.49. The Kier molecular flexibility index (Phi) is 6.17. The highest BCUT2D eigenvalue weighted by Crippen LogP contribution is 2.41. The SMILES string of the molecule is CCOc1ccc(N2C(=O)C(O)=C(C(=O)/C=C/c3ccccc3)[C@H]2c2ccccc2)cc1. The van der Waals surface area contributed by atoms with Crippen molar-refractivity contribution in [1.29, 1.82) is 0 Å². The normalized spacial score (nSPS) is 16.1. The van der Waals surface area contributed by atoms with Crippen LogP contribution in [0.5, 0.6) is 5.75 Å². The number of amides is 1. The van der Waals surface area contributed by atoms with E-state index in [1.54, 1.807) is 30.3 Å². The number of aliphatic hydroxyl groups is 1. The zero-order valence-electron chi connectivity index (χ0n) is 17.6. The number of anilines is 1. The van der Waals surface area contributed by atoms with Crippen LogP contribution in [0.15, 0.2) is 102 Å². The lowest BCUT2D eigenvalue weighted by molar-refractivity contribution is -0.117. The largest absolute Gasteiger partial charge is 0.503 e. The van der Waals surface area contributed by atoms with Crippen molar-refractivity contribution in [2.45, 2.75) is 13.0 Å². The lowest BCUT2D eigenvalue weighted by atomic mass is 9.95. The first kappa shape index (κ1) is 21.1. The highest BCUT2D eigenvalue weighted by atomic mass is 16.5. The molecule has 0 radical (unpaired) electrons. The van der Waals surface area contributed by atoms with Gasteiger partial charge in [0.2, 0.25) is 0 Å². The molecule has 32 heavy (non-hydrogen) atoms. The molecular weight excluding hydrogens is 402 g/mol. The smallest absolute Gasteiger partial charge is 0.294 e. The Balaban J connectivity index is 1.74. The minimum atomic E-state index is -0.741. The fraction of sp³-hybridized carbons (Fsp3) is 0.111. The van der Waals surface area contributed by atoms with E-state index >= 15 is 0 Å². The number of allylic oxidation sites excluding steroid dienone is 1. The van der Waals surface area contributed by atoms with E-state index in [1.807, 2.05) is 67.6 Å². The Morgan fingerprint density at radius 2 is 1.59 bits per heavy atom. The van der Waals surface area contributed by atoms with Gasteiger partial charge in [-0.2, -0.15) is 0 Å². The van der Waals surface area contributed by atoms with Gasteiger partial charge in [-0.15, -0.1) is 0 Å². The summed E-state index contributed by atoms with van der Waals surface area (Å²) in [6, 6.07) is 24.9. The number of rotatable bonds is 7. The van der Waals surface area contributed by atoms with Gasteiger partial charge in [0, 0.05) is 5.69 Å². The van der Waals surface area contributed by atoms with Crippen LogP contribution in [-0.2, 0) is 9.59 Å². The summed E-state index contributed by atoms with van der Waals surface area (Å²) in [7, 11) is 0. The molecule has 0 saturated heterocycles. The minimum Gasteiger partial charge on any atom is -0.503 e. The Bertz CT molecular complexity index is 1170. The third-order valence-corrected chi connectivity index (χ3v) is 5.24. The second-order valence-corrected chi connectivity index (χ2v) is 7.29. The molecule has 160 valence electrons. The van der Waals surface area contributed by atoms with Crippen LogP contribution >= 0.6 is 0 Å². The average Bonchev–Trinajstić information content (AvgIpc) is 3.10. The molecule has 0 fully saturated rings. The summed E-state index contributed by atoms with van der Waals surface area (Å²) in [5.41, 5.74) is 2.20. The highest BCUT2D eigenvalue weighted by molar-refractivity contribution is 6.19. The Morgan fingerprint density at radius 1 is 0.969 bits per heavy atom. The van der Waals surface area contributed by atoms with Crippen molar-refractivity contribution in [2.24, 2.45) is 0 Å². The zero-order chi connectivity index (χ0) is 22.5. The molecule has 5 heteroatoms. The number of hydrogen-bond acceptors (Lipinski definition) is 4. The molecule has 1 aliphatic rings. The third kappa shape index (κ3) is 4.18. The van der Waals surface area contributed by atoms with Gasteiger partial charge in [0.05, 0.1) is 18.2 Å². The first-order valence-electron chi connectivity index (χ1n) is 10.4. The summed E-state index contributed by atoms with van der Waals surface area (Å²) in [6.07, 6.45) is 3.07. The molecule has 1 amide bonds. The predicted molar refractivity (Wildman–Crippen MR) is 124 cm³/mol. The number of carbonyl (C=O) groups excluding carboxylic acids is 2.